The smallest absolute Gasteiger partial charge is 0.338 e. The molecule has 0 heterocycles. The van der Waals surface area contributed by atoms with Crippen molar-refractivity contribution in [3.05, 3.63) is 35.4 Å². The normalized spacial score (nSPS) is 21.2. The Kier molecular flexibility index (Phi) is 5.46. The summed E-state index contributed by atoms with van der Waals surface area (Å²) >= 11 is 0. The van der Waals surface area contributed by atoms with Crippen molar-refractivity contribution in [2.45, 2.75) is 38.6 Å². The molecule has 1 aromatic rings. The lowest BCUT2D eigenvalue weighted by Gasteiger charge is -2.26. The molecule has 1 aliphatic rings. The summed E-state index contributed by atoms with van der Waals surface area (Å²) in [5.41, 5.74) is -0.253. The molecule has 0 spiro atoms. The summed E-state index contributed by atoms with van der Waals surface area (Å²) in [6, 6.07) is 2.50. The Balaban J connectivity index is 1.79. The molecule has 1 aromatic carbocycles. The van der Waals surface area contributed by atoms with E-state index in [1.54, 1.807) is 0 Å². The molecule has 0 bridgehead atoms. The fourth-order valence-electron chi connectivity index (χ4n) is 2.56. The highest BCUT2D eigenvalue weighted by Gasteiger charge is 2.20. The van der Waals surface area contributed by atoms with Crippen LogP contribution >= 0.6 is 0 Å². The van der Waals surface area contributed by atoms with Gasteiger partial charge in [0, 0.05) is 12.1 Å². The minimum Gasteiger partial charge on any atom is -0.452 e. The zero-order chi connectivity index (χ0) is 16.1. The Labute approximate surface area is 127 Å². The number of rotatable bonds is 4. The van der Waals surface area contributed by atoms with Gasteiger partial charge in [0.25, 0.3) is 5.91 Å². The van der Waals surface area contributed by atoms with E-state index in [0.717, 1.165) is 37.8 Å². The summed E-state index contributed by atoms with van der Waals surface area (Å²) in [5.74, 6) is -2.38. The van der Waals surface area contributed by atoms with Crippen LogP contribution in [0.4, 0.5) is 8.78 Å². The van der Waals surface area contributed by atoms with Crippen LogP contribution in [0.3, 0.4) is 0 Å². The highest BCUT2D eigenvalue weighted by Crippen LogP contribution is 2.23. The molecule has 2 rings (SSSR count). The first-order valence-electron chi connectivity index (χ1n) is 7.36. The molecule has 0 aliphatic heterocycles. The molecular formula is C16H19F2NO3. The molecule has 6 heteroatoms. The lowest BCUT2D eigenvalue weighted by molar-refractivity contribution is -0.125. The van der Waals surface area contributed by atoms with Crippen LogP contribution in [-0.4, -0.2) is 24.5 Å². The van der Waals surface area contributed by atoms with Gasteiger partial charge in [-0.25, -0.2) is 13.6 Å². The first kappa shape index (κ1) is 16.4. The van der Waals surface area contributed by atoms with Crippen molar-refractivity contribution in [2.75, 3.05) is 6.61 Å². The number of amides is 1. The van der Waals surface area contributed by atoms with Gasteiger partial charge in [-0.1, -0.05) is 6.92 Å². The SMILES string of the molecule is CC1CCC(NC(=O)COC(=O)c2cc(F)cc(F)c2)CC1. The van der Waals surface area contributed by atoms with Gasteiger partial charge in [0.1, 0.15) is 11.6 Å². The number of esters is 1. The van der Waals surface area contributed by atoms with Gasteiger partial charge < -0.3 is 10.1 Å². The topological polar surface area (TPSA) is 55.4 Å². The second-order valence-electron chi connectivity index (χ2n) is 5.76. The number of halogens is 2. The van der Waals surface area contributed by atoms with E-state index >= 15 is 0 Å². The molecule has 22 heavy (non-hydrogen) atoms. The fraction of sp³-hybridized carbons (Fsp3) is 0.500. The maximum Gasteiger partial charge on any atom is 0.338 e. The maximum absolute atomic E-state index is 13.0. The molecule has 1 N–H and O–H groups in total. The summed E-state index contributed by atoms with van der Waals surface area (Å²) in [5, 5.41) is 2.80. The molecule has 0 saturated heterocycles. The Morgan fingerprint density at radius 2 is 1.73 bits per heavy atom. The van der Waals surface area contributed by atoms with Crippen molar-refractivity contribution in [1.29, 1.82) is 0 Å². The molecule has 0 atom stereocenters. The van der Waals surface area contributed by atoms with E-state index in [4.69, 9.17) is 4.74 Å². The molecular weight excluding hydrogens is 292 g/mol. The number of nitrogens with one attached hydrogen (secondary N) is 1. The van der Waals surface area contributed by atoms with E-state index in [2.05, 4.69) is 12.2 Å². The highest BCUT2D eigenvalue weighted by atomic mass is 19.1. The summed E-state index contributed by atoms with van der Waals surface area (Å²) < 4.78 is 30.8. The number of hydrogen-bond acceptors (Lipinski definition) is 3. The predicted molar refractivity (Wildman–Crippen MR) is 76.2 cm³/mol. The lowest BCUT2D eigenvalue weighted by Crippen LogP contribution is -2.39. The van der Waals surface area contributed by atoms with Crippen LogP contribution in [-0.2, 0) is 9.53 Å². The number of ether oxygens (including phenoxy) is 1. The Hall–Kier alpha value is -1.98. The summed E-state index contributed by atoms with van der Waals surface area (Å²) in [6.07, 6.45) is 3.95. The van der Waals surface area contributed by atoms with E-state index in [0.29, 0.717) is 12.0 Å². The van der Waals surface area contributed by atoms with Gasteiger partial charge in [-0.3, -0.25) is 4.79 Å². The molecule has 1 aliphatic carbocycles. The Morgan fingerprint density at radius 3 is 2.32 bits per heavy atom. The number of benzene rings is 1. The van der Waals surface area contributed by atoms with E-state index in [1.807, 2.05) is 0 Å². The summed E-state index contributed by atoms with van der Waals surface area (Å²) in [4.78, 5) is 23.4. The third-order valence-electron chi connectivity index (χ3n) is 3.81. The molecule has 4 nitrogen and oxygen atoms in total. The van der Waals surface area contributed by atoms with Crippen LogP contribution in [0.1, 0.15) is 43.0 Å². The first-order valence-corrected chi connectivity index (χ1v) is 7.36. The molecule has 1 saturated carbocycles. The van der Waals surface area contributed by atoms with Crippen molar-refractivity contribution in [3.63, 3.8) is 0 Å². The highest BCUT2D eigenvalue weighted by molar-refractivity contribution is 5.91. The van der Waals surface area contributed by atoms with Crippen LogP contribution in [0.2, 0.25) is 0 Å². The average Bonchev–Trinajstić information content (AvgIpc) is 2.46. The fourth-order valence-corrected chi connectivity index (χ4v) is 2.56. The third-order valence-corrected chi connectivity index (χ3v) is 3.81. The largest absolute Gasteiger partial charge is 0.452 e. The minimum absolute atomic E-state index is 0.106. The lowest BCUT2D eigenvalue weighted by atomic mass is 9.87. The molecule has 0 unspecified atom stereocenters. The van der Waals surface area contributed by atoms with Crippen LogP contribution in [0.25, 0.3) is 0 Å². The first-order chi connectivity index (χ1) is 10.4. The van der Waals surface area contributed by atoms with E-state index < -0.39 is 30.1 Å². The zero-order valence-corrected chi connectivity index (χ0v) is 12.4. The van der Waals surface area contributed by atoms with Gasteiger partial charge >= 0.3 is 5.97 Å². The van der Waals surface area contributed by atoms with Gasteiger partial charge in [-0.2, -0.15) is 0 Å². The maximum atomic E-state index is 13.0. The van der Waals surface area contributed by atoms with Crippen LogP contribution in [0, 0.1) is 17.6 Å². The van der Waals surface area contributed by atoms with Crippen LogP contribution in [0.5, 0.6) is 0 Å². The summed E-state index contributed by atoms with van der Waals surface area (Å²) in [7, 11) is 0. The molecule has 0 radical (unpaired) electrons. The van der Waals surface area contributed by atoms with Crippen molar-refractivity contribution in [1.82, 2.24) is 5.32 Å². The Morgan fingerprint density at radius 1 is 1.14 bits per heavy atom. The van der Waals surface area contributed by atoms with E-state index in [9.17, 15) is 18.4 Å². The predicted octanol–water partition coefficient (Wildman–Crippen LogP) is 2.82. The number of carbonyl (C=O) groups excluding carboxylic acids is 2. The number of hydrogen-bond donors (Lipinski definition) is 1. The minimum atomic E-state index is -0.925. The van der Waals surface area contributed by atoms with Crippen LogP contribution < -0.4 is 5.32 Å². The average molecular weight is 311 g/mol. The molecule has 1 amide bonds. The molecule has 1 fully saturated rings. The van der Waals surface area contributed by atoms with Crippen LogP contribution in [0.15, 0.2) is 18.2 Å². The quantitative estimate of drug-likeness (QED) is 0.870. The van der Waals surface area contributed by atoms with Gasteiger partial charge in [0.15, 0.2) is 6.61 Å². The van der Waals surface area contributed by atoms with E-state index in [-0.39, 0.29) is 11.6 Å². The van der Waals surface area contributed by atoms with Crippen molar-refractivity contribution in [3.8, 4) is 0 Å². The van der Waals surface area contributed by atoms with Gasteiger partial charge in [0.2, 0.25) is 0 Å². The third kappa shape index (κ3) is 4.79. The van der Waals surface area contributed by atoms with Crippen molar-refractivity contribution < 1.29 is 23.1 Å². The van der Waals surface area contributed by atoms with Gasteiger partial charge in [-0.05, 0) is 43.7 Å². The van der Waals surface area contributed by atoms with Crippen molar-refractivity contribution >= 4 is 11.9 Å². The number of carbonyl (C=O) groups is 2. The molecule has 120 valence electrons. The zero-order valence-electron chi connectivity index (χ0n) is 12.4. The van der Waals surface area contributed by atoms with E-state index in [1.165, 1.54) is 0 Å². The molecule has 0 aromatic heterocycles. The van der Waals surface area contributed by atoms with Crippen molar-refractivity contribution in [2.24, 2.45) is 5.92 Å². The Bertz CT molecular complexity index is 534. The summed E-state index contributed by atoms with van der Waals surface area (Å²) in [6.45, 7) is 1.72. The van der Waals surface area contributed by atoms with Gasteiger partial charge in [0.05, 0.1) is 5.56 Å². The van der Waals surface area contributed by atoms with Gasteiger partial charge in [-0.15, -0.1) is 0 Å². The second kappa shape index (κ2) is 7.33. The second-order valence-corrected chi connectivity index (χ2v) is 5.76. The monoisotopic (exact) mass is 311 g/mol. The standard InChI is InChI=1S/C16H19F2NO3/c1-10-2-4-14(5-3-10)19-15(20)9-22-16(21)11-6-12(17)8-13(18)7-11/h6-8,10,14H,2-5,9H2,1H3,(H,19,20).